The van der Waals surface area contributed by atoms with Gasteiger partial charge in [0.15, 0.2) is 23.2 Å². The number of nitrogens with one attached hydrogen (secondary N) is 1. The lowest BCUT2D eigenvalue weighted by Gasteiger charge is -2.14. The number of alkyl halides is 3. The fourth-order valence-corrected chi connectivity index (χ4v) is 3.61. The van der Waals surface area contributed by atoms with E-state index in [4.69, 9.17) is 0 Å². The molecule has 0 amide bonds. The van der Waals surface area contributed by atoms with E-state index in [1.807, 2.05) is 0 Å². The molecule has 3 rings (SSSR count). The maximum Gasteiger partial charge on any atom is 0.422 e. The number of para-hydroxylation sites is 1. The molecular formula is C17H15F4N3O3S. The van der Waals surface area contributed by atoms with Crippen molar-refractivity contribution in [2.75, 3.05) is 13.7 Å². The first-order chi connectivity index (χ1) is 13.0. The maximum atomic E-state index is 14.1. The van der Waals surface area contributed by atoms with Gasteiger partial charge in [0.2, 0.25) is 0 Å². The quantitative estimate of drug-likeness (QED) is 0.647. The molecule has 0 atom stereocenters. The van der Waals surface area contributed by atoms with Crippen LogP contribution >= 0.6 is 0 Å². The van der Waals surface area contributed by atoms with Gasteiger partial charge in [-0.25, -0.2) is 17.5 Å². The largest absolute Gasteiger partial charge is 0.480 e. The van der Waals surface area contributed by atoms with Crippen LogP contribution in [0.1, 0.15) is 0 Å². The van der Waals surface area contributed by atoms with Crippen LogP contribution in [0.4, 0.5) is 17.6 Å². The first-order valence-electron chi connectivity index (χ1n) is 7.92. The third-order valence-corrected chi connectivity index (χ3v) is 5.35. The molecule has 0 fully saturated rings. The van der Waals surface area contributed by atoms with Crippen LogP contribution in [0.25, 0.3) is 22.0 Å². The first-order valence-corrected chi connectivity index (χ1v) is 9.40. The lowest BCUT2D eigenvalue weighted by molar-refractivity contribution is -0.153. The summed E-state index contributed by atoms with van der Waals surface area (Å²) >= 11 is 0. The Morgan fingerprint density at radius 2 is 1.93 bits per heavy atom. The van der Waals surface area contributed by atoms with Gasteiger partial charge in [-0.2, -0.15) is 18.3 Å². The van der Waals surface area contributed by atoms with Gasteiger partial charge in [0.1, 0.15) is 0 Å². The Morgan fingerprint density at radius 3 is 2.57 bits per heavy atom. The SMILES string of the molecule is CNS(=O)(=O)c1nn(C)c2cc(-c3cccc(F)c3OCC(F)(F)F)ccc12. The highest BCUT2D eigenvalue weighted by atomic mass is 32.2. The number of nitrogens with zero attached hydrogens (tertiary/aromatic N) is 2. The summed E-state index contributed by atoms with van der Waals surface area (Å²) in [7, 11) is -1.04. The molecule has 0 aliphatic rings. The number of halogens is 4. The van der Waals surface area contributed by atoms with E-state index in [1.165, 1.54) is 49.1 Å². The summed E-state index contributed by atoms with van der Waals surface area (Å²) in [5, 5.41) is 4.11. The minimum atomic E-state index is -4.62. The van der Waals surface area contributed by atoms with Crippen LogP contribution < -0.4 is 9.46 Å². The summed E-state index contributed by atoms with van der Waals surface area (Å²) in [5.74, 6) is -1.48. The molecule has 6 nitrogen and oxygen atoms in total. The third kappa shape index (κ3) is 3.80. The zero-order valence-electron chi connectivity index (χ0n) is 14.7. The Balaban J connectivity index is 2.13. The molecular weight excluding hydrogens is 402 g/mol. The summed E-state index contributed by atoms with van der Waals surface area (Å²) in [4.78, 5) is 0. The lowest BCUT2D eigenvalue weighted by atomic mass is 10.0. The predicted molar refractivity (Wildman–Crippen MR) is 93.9 cm³/mol. The fraction of sp³-hybridized carbons (Fsp3) is 0.235. The van der Waals surface area contributed by atoms with Crippen LogP contribution in [0.3, 0.4) is 0 Å². The van der Waals surface area contributed by atoms with Gasteiger partial charge in [-0.05, 0) is 30.8 Å². The van der Waals surface area contributed by atoms with Crippen molar-refractivity contribution in [3.8, 4) is 16.9 Å². The molecule has 0 aliphatic carbocycles. The normalized spacial score (nSPS) is 12.5. The highest BCUT2D eigenvalue weighted by Crippen LogP contribution is 2.35. The minimum Gasteiger partial charge on any atom is -0.480 e. The van der Waals surface area contributed by atoms with Crippen LogP contribution in [0.5, 0.6) is 5.75 Å². The van der Waals surface area contributed by atoms with E-state index >= 15 is 0 Å². The number of sulfonamides is 1. The van der Waals surface area contributed by atoms with Crippen LogP contribution in [-0.2, 0) is 17.1 Å². The van der Waals surface area contributed by atoms with Crippen molar-refractivity contribution in [3.63, 3.8) is 0 Å². The predicted octanol–water partition coefficient (Wildman–Crippen LogP) is 3.23. The fourth-order valence-electron chi connectivity index (χ4n) is 2.72. The molecule has 1 N–H and O–H groups in total. The van der Waals surface area contributed by atoms with Crippen molar-refractivity contribution in [1.82, 2.24) is 14.5 Å². The van der Waals surface area contributed by atoms with Crippen LogP contribution in [-0.4, -0.2) is 38.0 Å². The molecule has 0 spiro atoms. The summed E-state index contributed by atoms with van der Waals surface area (Å²) in [6.45, 7) is -1.64. The number of benzene rings is 2. The summed E-state index contributed by atoms with van der Waals surface area (Å²) in [5.41, 5.74) is 0.850. The molecule has 0 unspecified atom stereocenters. The van der Waals surface area contributed by atoms with Crippen LogP contribution in [0.15, 0.2) is 41.4 Å². The van der Waals surface area contributed by atoms with Crippen LogP contribution in [0.2, 0.25) is 0 Å². The van der Waals surface area contributed by atoms with E-state index in [1.54, 1.807) is 0 Å². The highest BCUT2D eigenvalue weighted by molar-refractivity contribution is 7.89. The second kappa shape index (κ2) is 7.06. The van der Waals surface area contributed by atoms with Gasteiger partial charge in [-0.1, -0.05) is 18.2 Å². The van der Waals surface area contributed by atoms with Gasteiger partial charge in [-0.15, -0.1) is 0 Å². The van der Waals surface area contributed by atoms with E-state index in [0.717, 1.165) is 6.07 Å². The molecule has 3 aromatic rings. The average molecular weight is 417 g/mol. The van der Waals surface area contributed by atoms with Crippen molar-refractivity contribution in [2.45, 2.75) is 11.2 Å². The molecule has 0 saturated carbocycles. The number of hydrogen-bond acceptors (Lipinski definition) is 4. The molecule has 2 aromatic carbocycles. The molecule has 0 aliphatic heterocycles. The van der Waals surface area contributed by atoms with Crippen molar-refractivity contribution in [1.29, 1.82) is 0 Å². The maximum absolute atomic E-state index is 14.1. The summed E-state index contributed by atoms with van der Waals surface area (Å²) < 4.78 is 84.0. The molecule has 11 heteroatoms. The standard InChI is InChI=1S/C17H15F4N3O3S/c1-22-28(25,26)16-12-7-6-10(8-14(12)24(2)23-16)11-4-3-5-13(18)15(11)27-9-17(19,20)21/h3-8,22H,9H2,1-2H3. The Labute approximate surface area is 157 Å². The number of aromatic nitrogens is 2. The van der Waals surface area contributed by atoms with Gasteiger partial charge in [0.05, 0.1) is 5.52 Å². The second-order valence-electron chi connectivity index (χ2n) is 5.89. The number of rotatable bonds is 5. The molecule has 150 valence electrons. The van der Waals surface area contributed by atoms with E-state index < -0.39 is 34.4 Å². The zero-order valence-corrected chi connectivity index (χ0v) is 15.5. The van der Waals surface area contributed by atoms with Gasteiger partial charge in [-0.3, -0.25) is 4.68 Å². The summed E-state index contributed by atoms with van der Waals surface area (Å²) in [6.07, 6.45) is -4.62. The minimum absolute atomic E-state index is 0.102. The van der Waals surface area contributed by atoms with E-state index in [0.29, 0.717) is 16.5 Å². The van der Waals surface area contributed by atoms with Crippen molar-refractivity contribution in [3.05, 3.63) is 42.2 Å². The lowest BCUT2D eigenvalue weighted by Crippen LogP contribution is -2.20. The molecule has 1 aromatic heterocycles. The molecule has 0 bridgehead atoms. The molecule has 0 radical (unpaired) electrons. The van der Waals surface area contributed by atoms with Crippen LogP contribution in [0, 0.1) is 5.82 Å². The average Bonchev–Trinajstić information content (AvgIpc) is 2.97. The number of fused-ring (bicyclic) bond motifs is 1. The van der Waals surface area contributed by atoms with E-state index in [2.05, 4.69) is 14.6 Å². The number of ether oxygens (including phenoxy) is 1. The Morgan fingerprint density at radius 1 is 1.21 bits per heavy atom. The molecule has 28 heavy (non-hydrogen) atoms. The highest BCUT2D eigenvalue weighted by Gasteiger charge is 2.30. The van der Waals surface area contributed by atoms with Gasteiger partial charge >= 0.3 is 6.18 Å². The monoisotopic (exact) mass is 417 g/mol. The topological polar surface area (TPSA) is 73.2 Å². The van der Waals surface area contributed by atoms with Gasteiger partial charge < -0.3 is 4.74 Å². The smallest absolute Gasteiger partial charge is 0.422 e. The Bertz CT molecular complexity index is 1140. The zero-order chi connectivity index (χ0) is 20.7. The van der Waals surface area contributed by atoms with E-state index in [-0.39, 0.29) is 10.6 Å². The van der Waals surface area contributed by atoms with E-state index in [9.17, 15) is 26.0 Å². The second-order valence-corrected chi connectivity index (χ2v) is 7.69. The summed E-state index contributed by atoms with van der Waals surface area (Å²) in [6, 6.07) is 8.18. The Kier molecular flexibility index (Phi) is 5.06. The molecule has 0 saturated heterocycles. The number of aryl methyl sites for hydroxylation is 1. The molecule has 1 heterocycles. The van der Waals surface area contributed by atoms with Crippen molar-refractivity contribution in [2.24, 2.45) is 7.05 Å². The first kappa shape index (κ1) is 20.1. The third-order valence-electron chi connectivity index (χ3n) is 4.00. The number of hydrogen-bond donors (Lipinski definition) is 1. The van der Waals surface area contributed by atoms with Gasteiger partial charge in [0.25, 0.3) is 10.0 Å². The van der Waals surface area contributed by atoms with Crippen molar-refractivity contribution < 1.29 is 30.7 Å². The van der Waals surface area contributed by atoms with Crippen molar-refractivity contribution >= 4 is 20.9 Å². The van der Waals surface area contributed by atoms with Gasteiger partial charge in [0, 0.05) is 18.0 Å². The Hall–Kier alpha value is -2.66.